The smallest absolute Gasteiger partial charge is 0.262 e. The van der Waals surface area contributed by atoms with Crippen LogP contribution in [0.4, 0.5) is 21.7 Å². The van der Waals surface area contributed by atoms with Crippen LogP contribution in [0.25, 0.3) is 0 Å². The van der Waals surface area contributed by atoms with Crippen LogP contribution in [0.3, 0.4) is 0 Å². The van der Waals surface area contributed by atoms with Gasteiger partial charge < -0.3 is 39.5 Å². The number of nitrogens with one attached hydrogen (secondary N) is 2. The lowest BCUT2D eigenvalue weighted by atomic mass is 10.1. The molecule has 0 atom stereocenters. The molecule has 3 aromatic carbocycles. The van der Waals surface area contributed by atoms with Crippen LogP contribution in [0.1, 0.15) is 42.6 Å². The van der Waals surface area contributed by atoms with Gasteiger partial charge in [0.2, 0.25) is 17.7 Å². The number of aromatic nitrogens is 2. The number of benzene rings is 3. The van der Waals surface area contributed by atoms with Gasteiger partial charge in [-0.25, -0.2) is 9.37 Å². The summed E-state index contributed by atoms with van der Waals surface area (Å²) in [5.41, 5.74) is 1.38. The van der Waals surface area contributed by atoms with E-state index in [1.807, 2.05) is 19.9 Å². The molecule has 1 aromatic heterocycles. The first-order chi connectivity index (χ1) is 26.1. The minimum atomic E-state index is -0.641. The molecule has 2 N–H and O–H groups in total. The molecule has 4 aromatic rings. The molecular weight excluding hydrogens is 736 g/mol. The number of piperazine rings is 1. The lowest BCUT2D eigenvalue weighted by molar-refractivity contribution is -0.130. The maximum absolute atomic E-state index is 15.1. The van der Waals surface area contributed by atoms with E-state index in [2.05, 4.69) is 37.4 Å². The van der Waals surface area contributed by atoms with Crippen LogP contribution in [-0.2, 0) is 11.2 Å². The fourth-order valence-corrected chi connectivity index (χ4v) is 6.36. The normalized spacial score (nSPS) is 13.3. The van der Waals surface area contributed by atoms with Gasteiger partial charge in [-0.1, -0.05) is 35.3 Å². The summed E-state index contributed by atoms with van der Waals surface area (Å²) in [6, 6.07) is 14.6. The van der Waals surface area contributed by atoms with Gasteiger partial charge in [0.1, 0.15) is 5.56 Å². The minimum Gasteiger partial charge on any atom is -0.493 e. The summed E-state index contributed by atoms with van der Waals surface area (Å²) in [4.78, 5) is 41.5. The van der Waals surface area contributed by atoms with E-state index in [4.69, 9.17) is 37.4 Å². The number of para-hydroxylation sites is 1. The van der Waals surface area contributed by atoms with Gasteiger partial charge in [0, 0.05) is 70.2 Å². The van der Waals surface area contributed by atoms with Crippen LogP contribution in [0.2, 0.25) is 10.0 Å². The summed E-state index contributed by atoms with van der Waals surface area (Å²) in [6.45, 7) is 10.6. The molecule has 54 heavy (non-hydrogen) atoms. The predicted octanol–water partition coefficient (Wildman–Crippen LogP) is 7.54. The van der Waals surface area contributed by atoms with E-state index in [1.165, 1.54) is 19.4 Å². The standard InChI is InChI=1S/C39H46Cl2FN7O5/c1-5-49(6-2)35(50)16-12-26-11-14-33(34(23-26)52-4)54-38-28(37(51)45-36-29(40)9-7-10-30(36)41)25-43-39(46-38)44-27-13-15-32(31(42)24-27)53-22-8-17-48-20-18-47(3)19-21-48/h7,9-11,13-15,23-25H,5-6,8,12,16-22H2,1-4H3,(H,45,51)(H,43,44,46). The maximum Gasteiger partial charge on any atom is 0.262 e. The lowest BCUT2D eigenvalue weighted by Gasteiger charge is -2.32. The van der Waals surface area contributed by atoms with Gasteiger partial charge in [0.25, 0.3) is 5.91 Å². The molecule has 5 rings (SSSR count). The van der Waals surface area contributed by atoms with E-state index in [0.717, 1.165) is 44.7 Å². The molecule has 2 heterocycles. The van der Waals surface area contributed by atoms with Crippen molar-refractivity contribution in [3.63, 3.8) is 0 Å². The molecule has 1 aliphatic rings. The second-order valence-corrected chi connectivity index (χ2v) is 13.5. The van der Waals surface area contributed by atoms with Gasteiger partial charge in [-0.05, 0) is 75.7 Å². The highest BCUT2D eigenvalue weighted by Gasteiger charge is 2.22. The monoisotopic (exact) mass is 781 g/mol. The van der Waals surface area contributed by atoms with Crippen molar-refractivity contribution in [3.8, 4) is 23.1 Å². The van der Waals surface area contributed by atoms with Gasteiger partial charge in [-0.15, -0.1) is 0 Å². The zero-order valence-corrected chi connectivity index (χ0v) is 32.5. The van der Waals surface area contributed by atoms with Crippen molar-refractivity contribution < 1.29 is 28.2 Å². The highest BCUT2D eigenvalue weighted by atomic mass is 35.5. The Kier molecular flexibility index (Phi) is 14.7. The van der Waals surface area contributed by atoms with Crippen molar-refractivity contribution in [1.82, 2.24) is 24.7 Å². The first-order valence-electron chi connectivity index (χ1n) is 17.9. The van der Waals surface area contributed by atoms with Crippen LogP contribution in [0.5, 0.6) is 23.1 Å². The van der Waals surface area contributed by atoms with Crippen LogP contribution in [-0.4, -0.2) is 103 Å². The summed E-state index contributed by atoms with van der Waals surface area (Å²) in [6.07, 6.45) is 2.90. The number of carbonyl (C=O) groups excluding carboxylic acids is 2. The van der Waals surface area contributed by atoms with Gasteiger partial charge in [0.05, 0.1) is 29.4 Å². The number of likely N-dealkylation sites (N-methyl/N-ethyl adjacent to an activating group) is 1. The van der Waals surface area contributed by atoms with Crippen molar-refractivity contribution in [2.24, 2.45) is 0 Å². The summed E-state index contributed by atoms with van der Waals surface area (Å²) in [5, 5.41) is 6.16. The Bertz CT molecular complexity index is 1890. The number of amides is 2. The molecule has 0 bridgehead atoms. The number of aryl methyl sites for hydroxylation is 1. The maximum atomic E-state index is 15.1. The van der Waals surface area contributed by atoms with Crippen LogP contribution in [0, 0.1) is 5.82 Å². The minimum absolute atomic E-state index is 0.0306. The molecule has 1 saturated heterocycles. The molecular formula is C39H46Cl2FN7O5. The number of hydrogen-bond acceptors (Lipinski definition) is 10. The molecule has 12 nitrogen and oxygen atoms in total. The highest BCUT2D eigenvalue weighted by molar-refractivity contribution is 6.40. The van der Waals surface area contributed by atoms with Crippen molar-refractivity contribution in [1.29, 1.82) is 0 Å². The number of methoxy groups -OCH3 is 1. The van der Waals surface area contributed by atoms with Gasteiger partial charge in [-0.2, -0.15) is 4.98 Å². The Labute approximate surface area is 325 Å². The molecule has 0 saturated carbocycles. The van der Waals surface area contributed by atoms with Gasteiger partial charge in [0.15, 0.2) is 23.1 Å². The third-order valence-corrected chi connectivity index (χ3v) is 9.67. The number of anilines is 3. The van der Waals surface area contributed by atoms with Crippen LogP contribution >= 0.6 is 23.2 Å². The number of hydrogen-bond donors (Lipinski definition) is 2. The van der Waals surface area contributed by atoms with E-state index in [9.17, 15) is 9.59 Å². The van der Waals surface area contributed by atoms with E-state index < -0.39 is 11.7 Å². The third kappa shape index (κ3) is 10.9. The molecule has 0 spiro atoms. The number of ether oxygens (including phenoxy) is 3. The van der Waals surface area contributed by atoms with E-state index in [1.54, 1.807) is 47.4 Å². The molecule has 288 valence electrons. The second-order valence-electron chi connectivity index (χ2n) is 12.7. The Morgan fingerprint density at radius 2 is 1.69 bits per heavy atom. The Hall–Kier alpha value is -4.69. The highest BCUT2D eigenvalue weighted by Crippen LogP contribution is 2.36. The van der Waals surface area contributed by atoms with Crippen molar-refractivity contribution >= 4 is 52.3 Å². The lowest BCUT2D eigenvalue weighted by Crippen LogP contribution is -2.44. The van der Waals surface area contributed by atoms with Gasteiger partial charge >= 0.3 is 0 Å². The zero-order chi connectivity index (χ0) is 38.6. The summed E-state index contributed by atoms with van der Waals surface area (Å²) in [5.74, 6) is -0.469. The molecule has 1 fully saturated rings. The molecule has 0 aliphatic carbocycles. The first kappa shape index (κ1) is 40.5. The Morgan fingerprint density at radius 3 is 2.37 bits per heavy atom. The quantitative estimate of drug-likeness (QED) is 0.104. The fraction of sp³-hybridized carbons (Fsp3) is 0.385. The predicted molar refractivity (Wildman–Crippen MR) is 209 cm³/mol. The molecule has 15 heteroatoms. The van der Waals surface area contributed by atoms with Gasteiger partial charge in [-0.3, -0.25) is 9.59 Å². The summed E-state index contributed by atoms with van der Waals surface area (Å²) in [7, 11) is 3.61. The molecule has 0 unspecified atom stereocenters. The van der Waals surface area contributed by atoms with Crippen molar-refractivity contribution in [2.45, 2.75) is 33.1 Å². The second kappa shape index (κ2) is 19.6. The summed E-state index contributed by atoms with van der Waals surface area (Å²) < 4.78 is 32.7. The zero-order valence-electron chi connectivity index (χ0n) is 31.0. The Morgan fingerprint density at radius 1 is 0.963 bits per heavy atom. The van der Waals surface area contributed by atoms with E-state index in [-0.39, 0.29) is 50.5 Å². The van der Waals surface area contributed by atoms with Crippen molar-refractivity contribution in [2.75, 3.05) is 77.2 Å². The number of carbonyl (C=O) groups is 2. The third-order valence-electron chi connectivity index (χ3n) is 9.04. The average Bonchev–Trinajstić information content (AvgIpc) is 3.16. The largest absolute Gasteiger partial charge is 0.493 e. The van der Waals surface area contributed by atoms with Crippen molar-refractivity contribution in [3.05, 3.63) is 87.8 Å². The van der Waals surface area contributed by atoms with E-state index in [0.29, 0.717) is 44.0 Å². The van der Waals surface area contributed by atoms with E-state index >= 15 is 4.39 Å². The van der Waals surface area contributed by atoms with Crippen LogP contribution in [0.15, 0.2) is 60.8 Å². The SMILES string of the molecule is CCN(CC)C(=O)CCc1ccc(Oc2nc(Nc3ccc(OCCCN4CCN(C)CC4)c(F)c3)ncc2C(=O)Nc2c(Cl)cccc2Cl)c(OC)c1. The summed E-state index contributed by atoms with van der Waals surface area (Å²) >= 11 is 12.6. The first-order valence-corrected chi connectivity index (χ1v) is 18.7. The average molecular weight is 783 g/mol. The topological polar surface area (TPSA) is 121 Å². The number of rotatable bonds is 17. The van der Waals surface area contributed by atoms with Crippen LogP contribution < -0.4 is 24.8 Å². The number of halogens is 3. The fourth-order valence-electron chi connectivity index (χ4n) is 5.87. The molecule has 1 aliphatic heterocycles. The number of nitrogens with zero attached hydrogens (tertiary/aromatic N) is 5. The molecule has 0 radical (unpaired) electrons. The molecule has 2 amide bonds. The Balaban J connectivity index is 1.33.